The summed E-state index contributed by atoms with van der Waals surface area (Å²) in [5.41, 5.74) is 4.17. The van der Waals surface area contributed by atoms with Crippen molar-refractivity contribution in [1.29, 1.82) is 0 Å². The number of pyridine rings is 3. The van der Waals surface area contributed by atoms with E-state index in [1.807, 2.05) is 42.9 Å². The molecule has 0 radical (unpaired) electrons. The third-order valence-corrected chi connectivity index (χ3v) is 5.55. The molecular formula is C21H21N5O2. The molecular weight excluding hydrogens is 354 g/mol. The summed E-state index contributed by atoms with van der Waals surface area (Å²) in [5, 5.41) is 14.6. The Bertz CT molecular complexity index is 1280. The highest BCUT2D eigenvalue weighted by Gasteiger charge is 2.19. The van der Waals surface area contributed by atoms with Crippen molar-refractivity contribution in [2.24, 2.45) is 0 Å². The molecule has 0 spiro atoms. The quantitative estimate of drug-likeness (QED) is 0.563. The molecule has 7 nitrogen and oxygen atoms in total. The standard InChI is InChI=1S/C21H21N5O2/c1-12-10-25-11-16(19(27)13(2)20(25)23-12)17-4-3-15-18(24-17)6-8-26(21(15)28)14-5-7-22-9-14/h3-4,6,8,10-11,14,22,27H,5,7,9H2,1-2H3. The van der Waals surface area contributed by atoms with Crippen LogP contribution in [0.15, 0.2) is 41.6 Å². The number of rotatable bonds is 2. The second-order valence-electron chi connectivity index (χ2n) is 7.43. The fourth-order valence-electron chi connectivity index (χ4n) is 4.04. The number of imidazole rings is 1. The van der Waals surface area contributed by atoms with Gasteiger partial charge >= 0.3 is 0 Å². The van der Waals surface area contributed by atoms with E-state index < -0.39 is 0 Å². The van der Waals surface area contributed by atoms with Gasteiger partial charge in [0.25, 0.3) is 5.56 Å². The van der Waals surface area contributed by atoms with E-state index in [0.29, 0.717) is 27.7 Å². The maximum atomic E-state index is 12.9. The van der Waals surface area contributed by atoms with E-state index in [4.69, 9.17) is 0 Å². The van der Waals surface area contributed by atoms with Crippen LogP contribution in [-0.4, -0.2) is 37.1 Å². The van der Waals surface area contributed by atoms with Crippen LogP contribution >= 0.6 is 0 Å². The van der Waals surface area contributed by atoms with Crippen molar-refractivity contribution >= 4 is 16.6 Å². The first-order valence-electron chi connectivity index (χ1n) is 9.44. The monoisotopic (exact) mass is 375 g/mol. The normalized spacial score (nSPS) is 17.0. The van der Waals surface area contributed by atoms with Gasteiger partial charge in [-0.25, -0.2) is 9.97 Å². The first kappa shape index (κ1) is 16.9. The third-order valence-electron chi connectivity index (χ3n) is 5.55. The van der Waals surface area contributed by atoms with Crippen molar-refractivity contribution in [2.75, 3.05) is 13.1 Å². The lowest BCUT2D eigenvalue weighted by Crippen LogP contribution is -2.25. The maximum Gasteiger partial charge on any atom is 0.260 e. The molecule has 1 saturated heterocycles. The first-order valence-corrected chi connectivity index (χ1v) is 9.44. The minimum atomic E-state index is -0.0219. The van der Waals surface area contributed by atoms with Crippen molar-refractivity contribution < 1.29 is 5.11 Å². The smallest absolute Gasteiger partial charge is 0.260 e. The Morgan fingerprint density at radius 2 is 2.04 bits per heavy atom. The Morgan fingerprint density at radius 3 is 2.82 bits per heavy atom. The molecule has 142 valence electrons. The largest absolute Gasteiger partial charge is 0.507 e. The average molecular weight is 375 g/mol. The topological polar surface area (TPSA) is 84.5 Å². The average Bonchev–Trinajstić information content (AvgIpc) is 3.34. The summed E-state index contributed by atoms with van der Waals surface area (Å²) in [4.78, 5) is 22.0. The Hall–Kier alpha value is -3.19. The van der Waals surface area contributed by atoms with Crippen molar-refractivity contribution in [2.45, 2.75) is 26.3 Å². The van der Waals surface area contributed by atoms with E-state index in [2.05, 4.69) is 15.3 Å². The molecule has 1 fully saturated rings. The molecule has 5 rings (SSSR count). The molecule has 1 aliphatic rings. The third kappa shape index (κ3) is 2.51. The van der Waals surface area contributed by atoms with Crippen LogP contribution in [0, 0.1) is 13.8 Å². The van der Waals surface area contributed by atoms with E-state index >= 15 is 0 Å². The highest BCUT2D eigenvalue weighted by Crippen LogP contribution is 2.33. The van der Waals surface area contributed by atoms with Gasteiger partial charge in [0.05, 0.1) is 33.9 Å². The molecule has 4 aromatic rings. The Kier molecular flexibility index (Phi) is 3.73. The number of aromatic nitrogens is 4. The van der Waals surface area contributed by atoms with Crippen molar-refractivity contribution in [1.82, 2.24) is 24.3 Å². The van der Waals surface area contributed by atoms with Crippen LogP contribution in [0.1, 0.15) is 23.7 Å². The second-order valence-corrected chi connectivity index (χ2v) is 7.43. The minimum absolute atomic E-state index is 0.0219. The summed E-state index contributed by atoms with van der Waals surface area (Å²) in [6, 6.07) is 5.67. The van der Waals surface area contributed by atoms with Crippen LogP contribution in [0.2, 0.25) is 0 Å². The van der Waals surface area contributed by atoms with Gasteiger partial charge in [0, 0.05) is 30.7 Å². The van der Waals surface area contributed by atoms with Crippen LogP contribution in [0.3, 0.4) is 0 Å². The number of aryl methyl sites for hydroxylation is 2. The van der Waals surface area contributed by atoms with Gasteiger partial charge in [0.2, 0.25) is 0 Å². The van der Waals surface area contributed by atoms with E-state index in [0.717, 1.165) is 30.9 Å². The second kappa shape index (κ2) is 6.17. The fourth-order valence-corrected chi connectivity index (χ4v) is 4.04. The summed E-state index contributed by atoms with van der Waals surface area (Å²) in [6.07, 6.45) is 6.53. The fraction of sp³-hybridized carbons (Fsp3) is 0.286. The van der Waals surface area contributed by atoms with Gasteiger partial charge in [-0.2, -0.15) is 0 Å². The summed E-state index contributed by atoms with van der Waals surface area (Å²) in [6.45, 7) is 5.51. The number of hydrogen-bond donors (Lipinski definition) is 2. The zero-order valence-corrected chi connectivity index (χ0v) is 15.8. The van der Waals surface area contributed by atoms with E-state index in [9.17, 15) is 9.90 Å². The van der Waals surface area contributed by atoms with Gasteiger partial charge in [-0.15, -0.1) is 0 Å². The number of nitrogens with one attached hydrogen (secondary N) is 1. The zero-order chi connectivity index (χ0) is 19.4. The van der Waals surface area contributed by atoms with Gasteiger partial charge in [0.15, 0.2) is 0 Å². The molecule has 28 heavy (non-hydrogen) atoms. The van der Waals surface area contributed by atoms with Gasteiger partial charge in [-0.1, -0.05) is 0 Å². The molecule has 1 aliphatic heterocycles. The molecule has 2 N–H and O–H groups in total. The predicted molar refractivity (Wildman–Crippen MR) is 108 cm³/mol. The molecule has 7 heteroatoms. The summed E-state index contributed by atoms with van der Waals surface area (Å²) >= 11 is 0. The van der Waals surface area contributed by atoms with Crippen LogP contribution < -0.4 is 10.9 Å². The number of hydrogen-bond acceptors (Lipinski definition) is 5. The highest BCUT2D eigenvalue weighted by molar-refractivity contribution is 5.82. The lowest BCUT2D eigenvalue weighted by atomic mass is 10.1. The van der Waals surface area contributed by atoms with Gasteiger partial charge in [-0.3, -0.25) is 4.79 Å². The number of nitrogens with zero attached hydrogens (tertiary/aromatic N) is 4. The lowest BCUT2D eigenvalue weighted by Gasteiger charge is -2.14. The molecule has 0 aliphatic carbocycles. The molecule has 0 saturated carbocycles. The molecule has 1 atom stereocenters. The minimum Gasteiger partial charge on any atom is -0.507 e. The first-order chi connectivity index (χ1) is 13.5. The lowest BCUT2D eigenvalue weighted by molar-refractivity contribution is 0.472. The van der Waals surface area contributed by atoms with Crippen molar-refractivity contribution in [3.63, 3.8) is 0 Å². The van der Waals surface area contributed by atoms with Crippen LogP contribution in [-0.2, 0) is 0 Å². The zero-order valence-electron chi connectivity index (χ0n) is 15.8. The molecule has 0 amide bonds. The summed E-state index contributed by atoms with van der Waals surface area (Å²) in [7, 11) is 0. The Labute approximate surface area is 161 Å². The van der Waals surface area contributed by atoms with Gasteiger partial charge in [-0.05, 0) is 45.0 Å². The molecule has 0 bridgehead atoms. The molecule has 1 unspecified atom stereocenters. The number of fused-ring (bicyclic) bond motifs is 2. The summed E-state index contributed by atoms with van der Waals surface area (Å²) in [5.74, 6) is 0.162. The van der Waals surface area contributed by atoms with Crippen molar-refractivity contribution in [3.05, 3.63) is 58.4 Å². The maximum absolute atomic E-state index is 12.9. The molecule has 4 aromatic heterocycles. The van der Waals surface area contributed by atoms with Crippen molar-refractivity contribution in [3.8, 4) is 17.0 Å². The molecule has 0 aromatic carbocycles. The van der Waals surface area contributed by atoms with E-state index in [1.54, 1.807) is 16.7 Å². The Balaban J connectivity index is 1.66. The predicted octanol–water partition coefficient (Wildman–Crippen LogP) is 2.57. The van der Waals surface area contributed by atoms with Gasteiger partial charge in [0.1, 0.15) is 11.4 Å². The highest BCUT2D eigenvalue weighted by atomic mass is 16.3. The Morgan fingerprint density at radius 1 is 1.18 bits per heavy atom. The SMILES string of the molecule is Cc1cn2cc(-c3ccc4c(=O)n(C5CCNC5)ccc4n3)c(O)c(C)c2n1. The van der Waals surface area contributed by atoms with E-state index in [1.165, 1.54) is 0 Å². The van der Waals surface area contributed by atoms with Crippen LogP contribution in [0.25, 0.3) is 27.8 Å². The summed E-state index contributed by atoms with van der Waals surface area (Å²) < 4.78 is 3.70. The van der Waals surface area contributed by atoms with Crippen LogP contribution in [0.5, 0.6) is 5.75 Å². The number of aromatic hydroxyl groups is 1. The van der Waals surface area contributed by atoms with Crippen LogP contribution in [0.4, 0.5) is 0 Å². The molecule has 5 heterocycles. The van der Waals surface area contributed by atoms with Gasteiger partial charge < -0.3 is 19.4 Å². The van der Waals surface area contributed by atoms with E-state index in [-0.39, 0.29) is 17.4 Å².